The molecule has 0 radical (unpaired) electrons. The van der Waals surface area contributed by atoms with E-state index in [1.54, 1.807) is 19.5 Å². The Labute approximate surface area is 124 Å². The highest BCUT2D eigenvalue weighted by atomic mass is 16.5. The van der Waals surface area contributed by atoms with Gasteiger partial charge in [-0.3, -0.25) is 4.98 Å². The first-order valence-corrected chi connectivity index (χ1v) is 6.87. The number of aromatic nitrogens is 4. The molecule has 112 valence electrons. The SMILES string of the molecule is CCCNc1nc(OC)nc(N(C)Cc2ccncc2)n1. The molecule has 0 spiro atoms. The van der Waals surface area contributed by atoms with Crippen molar-refractivity contribution in [3.8, 4) is 6.01 Å². The summed E-state index contributed by atoms with van der Waals surface area (Å²) in [7, 11) is 3.48. The molecule has 2 heterocycles. The molecule has 1 N–H and O–H groups in total. The largest absolute Gasteiger partial charge is 0.467 e. The van der Waals surface area contributed by atoms with Gasteiger partial charge in [0.15, 0.2) is 0 Å². The van der Waals surface area contributed by atoms with Crippen LogP contribution < -0.4 is 15.0 Å². The maximum absolute atomic E-state index is 5.14. The van der Waals surface area contributed by atoms with Gasteiger partial charge in [0.05, 0.1) is 7.11 Å². The van der Waals surface area contributed by atoms with Crippen LogP contribution in [0.3, 0.4) is 0 Å². The standard InChI is InChI=1S/C14H20N6O/c1-4-7-16-12-17-13(19-14(18-12)21-3)20(2)10-11-5-8-15-9-6-11/h5-6,8-9H,4,7,10H2,1-3H3,(H,16,17,18,19). The number of anilines is 2. The predicted molar refractivity (Wildman–Crippen MR) is 81.5 cm³/mol. The Kier molecular flexibility index (Phi) is 5.25. The minimum Gasteiger partial charge on any atom is -0.467 e. The van der Waals surface area contributed by atoms with E-state index in [9.17, 15) is 0 Å². The fourth-order valence-corrected chi connectivity index (χ4v) is 1.76. The summed E-state index contributed by atoms with van der Waals surface area (Å²) in [5, 5.41) is 3.15. The van der Waals surface area contributed by atoms with Crippen molar-refractivity contribution in [2.45, 2.75) is 19.9 Å². The monoisotopic (exact) mass is 288 g/mol. The Bertz CT molecular complexity index is 563. The van der Waals surface area contributed by atoms with Gasteiger partial charge in [-0.15, -0.1) is 0 Å². The van der Waals surface area contributed by atoms with Crippen molar-refractivity contribution in [2.75, 3.05) is 30.9 Å². The van der Waals surface area contributed by atoms with Gasteiger partial charge in [0.2, 0.25) is 11.9 Å². The Hall–Kier alpha value is -2.44. The van der Waals surface area contributed by atoms with E-state index < -0.39 is 0 Å². The van der Waals surface area contributed by atoms with Gasteiger partial charge in [0, 0.05) is 32.5 Å². The van der Waals surface area contributed by atoms with Gasteiger partial charge < -0.3 is 15.0 Å². The molecule has 21 heavy (non-hydrogen) atoms. The summed E-state index contributed by atoms with van der Waals surface area (Å²) in [6.07, 6.45) is 4.53. The van der Waals surface area contributed by atoms with Gasteiger partial charge in [-0.1, -0.05) is 6.92 Å². The molecule has 0 aromatic carbocycles. The lowest BCUT2D eigenvalue weighted by Crippen LogP contribution is -2.20. The van der Waals surface area contributed by atoms with Crippen LogP contribution in [0.25, 0.3) is 0 Å². The van der Waals surface area contributed by atoms with Crippen LogP contribution >= 0.6 is 0 Å². The Morgan fingerprint density at radius 2 is 1.95 bits per heavy atom. The molecule has 0 saturated heterocycles. The molecule has 0 amide bonds. The van der Waals surface area contributed by atoms with E-state index in [-0.39, 0.29) is 0 Å². The summed E-state index contributed by atoms with van der Waals surface area (Å²) in [5.74, 6) is 1.09. The van der Waals surface area contributed by atoms with Crippen molar-refractivity contribution >= 4 is 11.9 Å². The molecule has 0 aliphatic rings. The zero-order valence-electron chi connectivity index (χ0n) is 12.6. The van der Waals surface area contributed by atoms with E-state index >= 15 is 0 Å². The molecular weight excluding hydrogens is 268 g/mol. The number of pyridine rings is 1. The molecule has 2 rings (SSSR count). The highest BCUT2D eigenvalue weighted by molar-refractivity contribution is 5.38. The van der Waals surface area contributed by atoms with Crippen molar-refractivity contribution in [3.63, 3.8) is 0 Å². The smallest absolute Gasteiger partial charge is 0.322 e. The van der Waals surface area contributed by atoms with Crippen molar-refractivity contribution < 1.29 is 4.74 Å². The summed E-state index contributed by atoms with van der Waals surface area (Å²) < 4.78 is 5.14. The second kappa shape index (κ2) is 7.37. The first-order chi connectivity index (χ1) is 10.2. The zero-order valence-corrected chi connectivity index (χ0v) is 12.6. The van der Waals surface area contributed by atoms with E-state index in [1.165, 1.54) is 0 Å². The molecule has 2 aromatic heterocycles. The van der Waals surface area contributed by atoms with Gasteiger partial charge in [0.25, 0.3) is 0 Å². The number of hydrogen-bond acceptors (Lipinski definition) is 7. The maximum atomic E-state index is 5.14. The number of nitrogens with zero attached hydrogens (tertiary/aromatic N) is 5. The summed E-state index contributed by atoms with van der Waals surface area (Å²) in [4.78, 5) is 18.8. The van der Waals surface area contributed by atoms with E-state index in [0.29, 0.717) is 24.5 Å². The maximum Gasteiger partial charge on any atom is 0.322 e. The fourth-order valence-electron chi connectivity index (χ4n) is 1.76. The normalized spacial score (nSPS) is 10.2. The third-order valence-corrected chi connectivity index (χ3v) is 2.83. The predicted octanol–water partition coefficient (Wildman–Crippen LogP) is 1.73. The number of hydrogen-bond donors (Lipinski definition) is 1. The van der Waals surface area contributed by atoms with Crippen LogP contribution in [0, 0.1) is 0 Å². The summed E-state index contributed by atoms with van der Waals surface area (Å²) in [6, 6.07) is 4.23. The molecule has 2 aromatic rings. The molecule has 0 saturated carbocycles. The van der Waals surface area contributed by atoms with E-state index in [2.05, 4.69) is 32.2 Å². The van der Waals surface area contributed by atoms with Crippen molar-refractivity contribution in [1.29, 1.82) is 0 Å². The van der Waals surface area contributed by atoms with Crippen LogP contribution in [0.1, 0.15) is 18.9 Å². The third-order valence-electron chi connectivity index (χ3n) is 2.83. The quantitative estimate of drug-likeness (QED) is 0.831. The second-order valence-electron chi connectivity index (χ2n) is 4.58. The van der Waals surface area contributed by atoms with Crippen molar-refractivity contribution in [3.05, 3.63) is 30.1 Å². The first-order valence-electron chi connectivity index (χ1n) is 6.87. The summed E-state index contributed by atoms with van der Waals surface area (Å²) >= 11 is 0. The molecule has 7 nitrogen and oxygen atoms in total. The zero-order chi connectivity index (χ0) is 15.1. The van der Waals surface area contributed by atoms with Crippen LogP contribution in [0.15, 0.2) is 24.5 Å². The number of nitrogens with one attached hydrogen (secondary N) is 1. The highest BCUT2D eigenvalue weighted by Gasteiger charge is 2.11. The molecule has 0 aliphatic heterocycles. The molecule has 7 heteroatoms. The van der Waals surface area contributed by atoms with Crippen LogP contribution in [-0.4, -0.2) is 40.6 Å². The van der Waals surface area contributed by atoms with Gasteiger partial charge >= 0.3 is 6.01 Å². The molecule has 0 unspecified atom stereocenters. The van der Waals surface area contributed by atoms with Crippen LogP contribution in [-0.2, 0) is 6.54 Å². The van der Waals surface area contributed by atoms with Gasteiger partial charge in [-0.25, -0.2) is 0 Å². The van der Waals surface area contributed by atoms with E-state index in [1.807, 2.05) is 24.1 Å². The summed E-state index contributed by atoms with van der Waals surface area (Å²) in [6.45, 7) is 3.57. The minimum absolute atomic E-state index is 0.306. The Morgan fingerprint density at radius 1 is 1.19 bits per heavy atom. The van der Waals surface area contributed by atoms with Crippen LogP contribution in [0.4, 0.5) is 11.9 Å². The minimum atomic E-state index is 0.306. The van der Waals surface area contributed by atoms with Gasteiger partial charge in [-0.2, -0.15) is 15.0 Å². The molecule has 0 bridgehead atoms. The molecule has 0 aliphatic carbocycles. The lowest BCUT2D eigenvalue weighted by Gasteiger charge is -2.18. The van der Waals surface area contributed by atoms with E-state index in [0.717, 1.165) is 18.5 Å². The van der Waals surface area contributed by atoms with Crippen LogP contribution in [0.2, 0.25) is 0 Å². The molecule has 0 atom stereocenters. The third kappa shape index (κ3) is 4.27. The number of methoxy groups -OCH3 is 1. The molecular formula is C14H20N6O. The Morgan fingerprint density at radius 3 is 2.62 bits per heavy atom. The first kappa shape index (κ1) is 15.0. The van der Waals surface area contributed by atoms with Crippen molar-refractivity contribution in [2.24, 2.45) is 0 Å². The lowest BCUT2D eigenvalue weighted by molar-refractivity contribution is 0.379. The van der Waals surface area contributed by atoms with E-state index in [4.69, 9.17) is 4.74 Å². The molecule has 0 fully saturated rings. The highest BCUT2D eigenvalue weighted by Crippen LogP contribution is 2.15. The van der Waals surface area contributed by atoms with Crippen molar-refractivity contribution in [1.82, 2.24) is 19.9 Å². The topological polar surface area (TPSA) is 76.1 Å². The van der Waals surface area contributed by atoms with Crippen LogP contribution in [0.5, 0.6) is 6.01 Å². The number of rotatable bonds is 7. The average Bonchev–Trinajstić information content (AvgIpc) is 2.53. The Balaban J connectivity index is 2.16. The second-order valence-corrected chi connectivity index (χ2v) is 4.58. The summed E-state index contributed by atoms with van der Waals surface area (Å²) in [5.41, 5.74) is 1.13. The fraction of sp³-hybridized carbons (Fsp3) is 0.429. The lowest BCUT2D eigenvalue weighted by atomic mass is 10.2. The number of ether oxygens (including phenoxy) is 1. The van der Waals surface area contributed by atoms with Gasteiger partial charge in [0.1, 0.15) is 0 Å². The average molecular weight is 288 g/mol. The van der Waals surface area contributed by atoms with Gasteiger partial charge in [-0.05, 0) is 24.1 Å².